The first kappa shape index (κ1) is 24.2. The van der Waals surface area contributed by atoms with Crippen LogP contribution in [0, 0.1) is 0 Å². The van der Waals surface area contributed by atoms with Crippen molar-refractivity contribution in [2.24, 2.45) is 0 Å². The fourth-order valence-corrected chi connectivity index (χ4v) is 7.17. The highest BCUT2D eigenvalue weighted by Crippen LogP contribution is 2.45. The van der Waals surface area contributed by atoms with Gasteiger partial charge in [0.2, 0.25) is 0 Å². The van der Waals surface area contributed by atoms with E-state index in [-0.39, 0.29) is 34.6 Å². The highest BCUT2D eigenvalue weighted by atomic mass is 32.2. The minimum atomic E-state index is -3.05. The van der Waals surface area contributed by atoms with Crippen molar-refractivity contribution in [3.05, 3.63) is 47.8 Å². The third-order valence-electron chi connectivity index (χ3n) is 8.60. The Hall–Kier alpha value is -3.91. The van der Waals surface area contributed by atoms with Crippen molar-refractivity contribution in [3.63, 3.8) is 0 Å². The molecule has 1 aliphatic carbocycles. The number of rotatable bonds is 5. The Balaban J connectivity index is 1.26. The Bertz CT molecular complexity index is 1640. The lowest BCUT2D eigenvalue weighted by molar-refractivity contribution is -0.0426. The Labute approximate surface area is 224 Å². The molecular weight excluding hydrogens is 522 g/mol. The van der Waals surface area contributed by atoms with Gasteiger partial charge in [0.05, 0.1) is 23.8 Å². The van der Waals surface area contributed by atoms with Gasteiger partial charge in [0.25, 0.3) is 5.91 Å². The number of nitrogen functional groups attached to an aromatic ring is 1. The van der Waals surface area contributed by atoms with Gasteiger partial charge >= 0.3 is 0 Å². The van der Waals surface area contributed by atoms with E-state index >= 15 is 0 Å². The molecule has 3 aliphatic rings. The molecule has 1 amide bonds. The zero-order valence-corrected chi connectivity index (χ0v) is 21.8. The largest absolute Gasteiger partial charge is 0.384 e. The lowest BCUT2D eigenvalue weighted by Crippen LogP contribution is -2.46. The first-order valence-corrected chi connectivity index (χ1v) is 14.2. The predicted molar refractivity (Wildman–Crippen MR) is 138 cm³/mol. The van der Waals surface area contributed by atoms with E-state index in [9.17, 15) is 18.3 Å². The fourth-order valence-electron chi connectivity index (χ4n) is 6.47. The van der Waals surface area contributed by atoms with Gasteiger partial charge < -0.3 is 15.7 Å². The van der Waals surface area contributed by atoms with Crippen LogP contribution in [0.1, 0.15) is 72.7 Å². The predicted octanol–water partition coefficient (Wildman–Crippen LogP) is 1.38. The molecule has 2 bridgehead atoms. The monoisotopic (exact) mass is 549 g/mol. The summed E-state index contributed by atoms with van der Waals surface area (Å²) in [5.41, 5.74) is 8.76. The van der Waals surface area contributed by atoms with E-state index in [0.717, 1.165) is 24.8 Å². The molecule has 0 aromatic carbocycles. The molecule has 14 heteroatoms. The number of hydrogen-bond acceptors (Lipinski definition) is 10. The molecule has 2 aliphatic heterocycles. The fraction of sp³-hybridized carbons (Fsp3) is 0.440. The minimum Gasteiger partial charge on any atom is -0.384 e. The zero-order valence-electron chi connectivity index (χ0n) is 20.9. The number of fused-ring (bicyclic) bond motifs is 3. The van der Waals surface area contributed by atoms with Crippen LogP contribution in [0.4, 0.5) is 5.82 Å². The molecule has 0 radical (unpaired) electrons. The second-order valence-corrected chi connectivity index (χ2v) is 11.7. The van der Waals surface area contributed by atoms with Crippen molar-refractivity contribution in [1.29, 1.82) is 0 Å². The molecule has 4 aromatic rings. The number of carbonyl (C=O) groups is 1. The highest BCUT2D eigenvalue weighted by Gasteiger charge is 2.45. The maximum absolute atomic E-state index is 13.1. The molecule has 0 unspecified atom stereocenters. The van der Waals surface area contributed by atoms with E-state index in [2.05, 4.69) is 25.5 Å². The van der Waals surface area contributed by atoms with Gasteiger partial charge in [-0.2, -0.15) is 9.61 Å². The van der Waals surface area contributed by atoms with Crippen LogP contribution < -0.4 is 5.73 Å². The van der Waals surface area contributed by atoms with Crippen molar-refractivity contribution in [1.82, 2.24) is 39.9 Å². The number of carbonyl (C=O) groups excluding carboxylic acids is 1. The maximum atomic E-state index is 13.1. The molecule has 0 spiro atoms. The van der Waals surface area contributed by atoms with Crippen LogP contribution in [0.2, 0.25) is 0 Å². The highest BCUT2D eigenvalue weighted by molar-refractivity contribution is 7.72. The van der Waals surface area contributed by atoms with Crippen LogP contribution in [0.3, 0.4) is 0 Å². The average Bonchev–Trinajstić information content (AvgIpc) is 3.65. The third-order valence-corrected chi connectivity index (χ3v) is 9.42. The Morgan fingerprint density at radius 1 is 1.13 bits per heavy atom. The third kappa shape index (κ3) is 3.72. The van der Waals surface area contributed by atoms with Crippen LogP contribution in [-0.4, -0.2) is 71.4 Å². The van der Waals surface area contributed by atoms with Crippen LogP contribution in [0.25, 0.3) is 16.8 Å². The SMILES string of the molecule is Nc1c([SH](=O)=O)c([C@@H]2C[C@H]3CC[C@@H](C2)N3C(=O)c2cnn[nH]2)nc2c(-c3ccc(C4(O)CCC4)nc3)cnn12. The van der Waals surface area contributed by atoms with Gasteiger partial charge in [-0.1, -0.05) is 11.3 Å². The van der Waals surface area contributed by atoms with Crippen molar-refractivity contribution in [3.8, 4) is 11.1 Å². The van der Waals surface area contributed by atoms with Crippen LogP contribution in [0.5, 0.6) is 0 Å². The Morgan fingerprint density at radius 3 is 2.49 bits per heavy atom. The standard InChI is InChI=1S/C25H27N9O4S/c26-22-21(39(37)38)20(14-8-15-3-4-16(9-14)33(15)24(35)18-12-28-32-31-18)30-23-17(11-29-34(22)23)13-2-5-19(27-10-13)25(36)6-1-7-25/h2,5,10-12,14-16,36,39H,1,3-4,6-9,26H2,(H,28,31,32)/t14-,15-,16+. The van der Waals surface area contributed by atoms with Gasteiger partial charge in [0.1, 0.15) is 22.0 Å². The summed E-state index contributed by atoms with van der Waals surface area (Å²) >= 11 is 0. The number of nitrogens with one attached hydrogen (secondary N) is 1. The minimum absolute atomic E-state index is 0.0140. The van der Waals surface area contributed by atoms with Crippen molar-refractivity contribution >= 4 is 28.1 Å². The summed E-state index contributed by atoms with van der Waals surface area (Å²) in [6.45, 7) is 0. The zero-order chi connectivity index (χ0) is 26.9. The summed E-state index contributed by atoms with van der Waals surface area (Å²) in [6, 6.07) is 3.56. The number of anilines is 1. The van der Waals surface area contributed by atoms with Crippen molar-refractivity contribution in [2.45, 2.75) is 73.4 Å². The molecule has 13 nitrogen and oxygen atoms in total. The van der Waals surface area contributed by atoms with Crippen LogP contribution in [0.15, 0.2) is 35.6 Å². The van der Waals surface area contributed by atoms with Gasteiger partial charge in [-0.05, 0) is 51.0 Å². The van der Waals surface area contributed by atoms with E-state index < -0.39 is 16.3 Å². The number of thiol groups is 1. The first-order chi connectivity index (χ1) is 18.8. The van der Waals surface area contributed by atoms with Crippen molar-refractivity contribution < 1.29 is 18.3 Å². The Morgan fingerprint density at radius 2 is 1.90 bits per heavy atom. The Kier molecular flexibility index (Phi) is 5.46. The molecule has 3 fully saturated rings. The van der Waals surface area contributed by atoms with E-state index in [0.29, 0.717) is 54.0 Å². The number of aromatic amines is 1. The normalized spacial score (nSPS) is 23.8. The number of nitrogens with zero attached hydrogens (tertiary/aromatic N) is 7. The molecule has 202 valence electrons. The number of aromatic nitrogens is 7. The van der Waals surface area contributed by atoms with Crippen LogP contribution in [-0.2, 0) is 16.3 Å². The summed E-state index contributed by atoms with van der Waals surface area (Å²) in [6.07, 6.45) is 9.85. The average molecular weight is 550 g/mol. The summed E-state index contributed by atoms with van der Waals surface area (Å²) in [5, 5.41) is 25.0. The maximum Gasteiger partial charge on any atom is 0.274 e. The van der Waals surface area contributed by atoms with E-state index in [1.54, 1.807) is 12.4 Å². The molecular formula is C25H27N9O4S. The van der Waals surface area contributed by atoms with E-state index in [4.69, 9.17) is 10.7 Å². The van der Waals surface area contributed by atoms with Gasteiger partial charge in [-0.3, -0.25) is 14.9 Å². The number of nitrogens with two attached hydrogens (primary N) is 1. The first-order valence-electron chi connectivity index (χ1n) is 13.0. The van der Waals surface area contributed by atoms with Gasteiger partial charge in [-0.15, -0.1) is 5.10 Å². The molecule has 3 atom stereocenters. The molecule has 7 rings (SSSR count). The second-order valence-electron chi connectivity index (χ2n) is 10.7. The summed E-state index contributed by atoms with van der Waals surface area (Å²) in [7, 11) is -3.05. The van der Waals surface area contributed by atoms with Gasteiger partial charge in [0, 0.05) is 35.3 Å². The topological polar surface area (TPSA) is 185 Å². The van der Waals surface area contributed by atoms with Crippen molar-refractivity contribution in [2.75, 3.05) is 5.73 Å². The number of aliphatic hydroxyl groups is 1. The summed E-state index contributed by atoms with van der Waals surface area (Å²) < 4.78 is 26.2. The van der Waals surface area contributed by atoms with Crippen LogP contribution >= 0.6 is 0 Å². The summed E-state index contributed by atoms with van der Waals surface area (Å²) in [5.74, 6) is -0.331. The lowest BCUT2D eigenvalue weighted by Gasteiger charge is -2.38. The summed E-state index contributed by atoms with van der Waals surface area (Å²) in [4.78, 5) is 24.3. The molecule has 4 aromatic heterocycles. The van der Waals surface area contributed by atoms with E-state index in [1.807, 2.05) is 17.0 Å². The van der Waals surface area contributed by atoms with Gasteiger partial charge in [-0.25, -0.2) is 13.4 Å². The number of amides is 1. The second kappa shape index (κ2) is 8.81. The number of pyridine rings is 1. The lowest BCUT2D eigenvalue weighted by atomic mass is 9.77. The number of H-pyrrole nitrogens is 1. The number of piperidine rings is 1. The molecule has 2 saturated heterocycles. The smallest absolute Gasteiger partial charge is 0.274 e. The molecule has 4 N–H and O–H groups in total. The molecule has 1 saturated carbocycles. The quantitative estimate of drug-likeness (QED) is 0.265. The number of hydrogen-bond donors (Lipinski definition) is 4. The molecule has 39 heavy (non-hydrogen) atoms. The van der Waals surface area contributed by atoms with E-state index in [1.165, 1.54) is 10.7 Å². The molecule has 6 heterocycles. The van der Waals surface area contributed by atoms with Gasteiger partial charge in [0.15, 0.2) is 16.4 Å².